The lowest BCUT2D eigenvalue weighted by Gasteiger charge is -2.25. The molecule has 0 bridgehead atoms. The first-order valence-electron chi connectivity index (χ1n) is 8.62. The first-order valence-corrected chi connectivity index (χ1v) is 10.2. The minimum atomic E-state index is -3.33. The normalized spacial score (nSPS) is 26.3. The summed E-state index contributed by atoms with van der Waals surface area (Å²) in [5, 5.41) is 6.67. The average Bonchev–Trinajstić information content (AvgIpc) is 3.27. The van der Waals surface area contributed by atoms with Gasteiger partial charge in [-0.15, -0.1) is 0 Å². The molecule has 2 fully saturated rings. The van der Waals surface area contributed by atoms with Gasteiger partial charge in [0.25, 0.3) is 0 Å². The van der Waals surface area contributed by atoms with Crippen LogP contribution in [0.3, 0.4) is 0 Å². The zero-order valence-corrected chi connectivity index (χ0v) is 16.1. The van der Waals surface area contributed by atoms with E-state index in [4.69, 9.17) is 9.26 Å². The van der Waals surface area contributed by atoms with Crippen molar-refractivity contribution in [1.82, 2.24) is 24.7 Å². The molecule has 3 heterocycles. The largest absolute Gasteiger partial charge is 0.383 e. The van der Waals surface area contributed by atoms with E-state index in [1.54, 1.807) is 25.9 Å². The number of nitrogens with one attached hydrogen (secondary N) is 1. The number of nitrogens with zero attached hydrogens (tertiary/aromatic N) is 4. The van der Waals surface area contributed by atoms with Gasteiger partial charge in [-0.3, -0.25) is 0 Å². The number of carbonyl (C=O) groups excluding carboxylic acids is 1. The highest BCUT2D eigenvalue weighted by molar-refractivity contribution is 7.89. The molecule has 2 aliphatic heterocycles. The minimum Gasteiger partial charge on any atom is -0.383 e. The number of hydrogen-bond donors (Lipinski definition) is 1. The molecule has 0 aromatic carbocycles. The van der Waals surface area contributed by atoms with E-state index >= 15 is 0 Å². The zero-order valence-electron chi connectivity index (χ0n) is 15.3. The Hall–Kier alpha value is -1.72. The monoisotopic (exact) mass is 387 g/mol. The Kier molecular flexibility index (Phi) is 5.22. The molecule has 0 unspecified atom stereocenters. The van der Waals surface area contributed by atoms with E-state index in [2.05, 4.69) is 15.5 Å². The van der Waals surface area contributed by atoms with Gasteiger partial charge in [-0.1, -0.05) is 5.16 Å². The number of carbonyl (C=O) groups is 1. The predicted molar refractivity (Wildman–Crippen MR) is 92.1 cm³/mol. The van der Waals surface area contributed by atoms with Crippen LogP contribution in [0.25, 0.3) is 0 Å². The van der Waals surface area contributed by atoms with Crippen LogP contribution < -0.4 is 5.32 Å². The van der Waals surface area contributed by atoms with Gasteiger partial charge < -0.3 is 19.5 Å². The summed E-state index contributed by atoms with van der Waals surface area (Å²) in [4.78, 5) is 18.5. The number of likely N-dealkylation sites (tertiary alicyclic amines) is 1. The van der Waals surface area contributed by atoms with Crippen LogP contribution in [0.5, 0.6) is 0 Å². The first kappa shape index (κ1) is 19.1. The van der Waals surface area contributed by atoms with Crippen molar-refractivity contribution in [2.75, 3.05) is 52.2 Å². The lowest BCUT2D eigenvalue weighted by atomic mass is 9.81. The van der Waals surface area contributed by atoms with Gasteiger partial charge in [-0.25, -0.2) is 17.5 Å². The second kappa shape index (κ2) is 7.12. The Morgan fingerprint density at radius 2 is 2.19 bits per heavy atom. The van der Waals surface area contributed by atoms with Crippen molar-refractivity contribution in [2.24, 2.45) is 5.92 Å². The first-order chi connectivity index (χ1) is 12.3. The highest BCUT2D eigenvalue weighted by atomic mass is 32.2. The molecule has 1 N–H and O–H groups in total. The molecule has 0 aliphatic carbocycles. The summed E-state index contributed by atoms with van der Waals surface area (Å²) in [6, 6.07) is -0.197. The highest BCUT2D eigenvalue weighted by Crippen LogP contribution is 2.45. The van der Waals surface area contributed by atoms with Crippen LogP contribution >= 0.6 is 0 Å². The summed E-state index contributed by atoms with van der Waals surface area (Å²) in [5.41, 5.74) is -0.665. The molecule has 0 spiro atoms. The average molecular weight is 387 g/mol. The van der Waals surface area contributed by atoms with Gasteiger partial charge in [-0.05, 0) is 13.8 Å². The standard InChI is InChI=1S/C15H25N5O5S/c1-4-26(22,23)20-8-12-7-19(14(21)16-5-6-24-3)9-15(12,10-20)13-17-11(2)18-25-13/h12H,4-10H2,1-3H3,(H,16,21)/t12-,15-/m0/s1. The Balaban J connectivity index is 1.83. The number of urea groups is 1. The molecule has 0 saturated carbocycles. The van der Waals surface area contributed by atoms with Gasteiger partial charge in [0.1, 0.15) is 0 Å². The van der Waals surface area contributed by atoms with Crippen molar-refractivity contribution < 1.29 is 22.5 Å². The summed E-state index contributed by atoms with van der Waals surface area (Å²) < 4.78 is 36.5. The quantitative estimate of drug-likeness (QED) is 0.658. The molecule has 0 radical (unpaired) electrons. The van der Waals surface area contributed by atoms with Crippen LogP contribution in [0.4, 0.5) is 4.79 Å². The molecule has 1 aromatic heterocycles. The number of rotatable bonds is 6. The topological polar surface area (TPSA) is 118 Å². The summed E-state index contributed by atoms with van der Waals surface area (Å²) in [7, 11) is -1.76. The molecular weight excluding hydrogens is 362 g/mol. The van der Waals surface area contributed by atoms with E-state index in [0.29, 0.717) is 44.5 Å². The minimum absolute atomic E-state index is 0.0415. The van der Waals surface area contributed by atoms with Crippen molar-refractivity contribution in [1.29, 1.82) is 0 Å². The number of aryl methyl sites for hydroxylation is 1. The molecule has 1 aromatic rings. The number of sulfonamides is 1. The fourth-order valence-electron chi connectivity index (χ4n) is 3.74. The van der Waals surface area contributed by atoms with E-state index in [1.807, 2.05) is 0 Å². The SMILES string of the molecule is CCS(=O)(=O)N1C[C@@H]2CN(C(=O)NCCOC)C[C@]2(c2nc(C)no2)C1. The van der Waals surface area contributed by atoms with Crippen molar-refractivity contribution >= 4 is 16.1 Å². The summed E-state index contributed by atoms with van der Waals surface area (Å²) in [6.45, 7) is 5.57. The number of aromatic nitrogens is 2. The molecular formula is C15H25N5O5S. The Labute approximate surface area is 152 Å². The van der Waals surface area contributed by atoms with Crippen molar-refractivity contribution in [2.45, 2.75) is 19.3 Å². The van der Waals surface area contributed by atoms with E-state index < -0.39 is 15.4 Å². The van der Waals surface area contributed by atoms with Gasteiger partial charge in [0, 0.05) is 45.8 Å². The van der Waals surface area contributed by atoms with Gasteiger partial charge in [0.2, 0.25) is 15.9 Å². The molecule has 2 amide bonds. The van der Waals surface area contributed by atoms with Gasteiger partial charge >= 0.3 is 6.03 Å². The highest BCUT2D eigenvalue weighted by Gasteiger charge is 2.59. The van der Waals surface area contributed by atoms with Crippen molar-refractivity contribution in [3.63, 3.8) is 0 Å². The lowest BCUT2D eigenvalue weighted by molar-refractivity contribution is 0.181. The molecule has 2 atom stereocenters. The van der Waals surface area contributed by atoms with Gasteiger partial charge in [0.05, 0.1) is 17.8 Å². The molecule has 146 valence electrons. The lowest BCUT2D eigenvalue weighted by Crippen LogP contribution is -2.45. The van der Waals surface area contributed by atoms with E-state index in [0.717, 1.165) is 0 Å². The predicted octanol–water partition coefficient (Wildman–Crippen LogP) is -0.431. The second-order valence-electron chi connectivity index (χ2n) is 6.80. The van der Waals surface area contributed by atoms with Crippen LogP contribution in [0, 0.1) is 12.8 Å². The van der Waals surface area contributed by atoms with E-state index in [9.17, 15) is 13.2 Å². The third-order valence-electron chi connectivity index (χ3n) is 5.16. The summed E-state index contributed by atoms with van der Waals surface area (Å²) in [6.07, 6.45) is 0. The molecule has 11 heteroatoms. The fraction of sp³-hybridized carbons (Fsp3) is 0.800. The Bertz CT molecular complexity index is 766. The maximum atomic E-state index is 12.4. The third kappa shape index (κ3) is 3.30. The van der Waals surface area contributed by atoms with Crippen LogP contribution in [-0.4, -0.2) is 86.0 Å². The van der Waals surface area contributed by atoms with Crippen LogP contribution in [0.1, 0.15) is 18.6 Å². The zero-order chi connectivity index (χ0) is 18.9. The maximum Gasteiger partial charge on any atom is 0.317 e. The van der Waals surface area contributed by atoms with Gasteiger partial charge in [-0.2, -0.15) is 4.98 Å². The number of amides is 2. The van der Waals surface area contributed by atoms with E-state index in [-0.39, 0.29) is 24.2 Å². The van der Waals surface area contributed by atoms with Crippen LogP contribution in [-0.2, 0) is 20.2 Å². The molecule has 10 nitrogen and oxygen atoms in total. The van der Waals surface area contributed by atoms with Gasteiger partial charge in [0.15, 0.2) is 5.82 Å². The van der Waals surface area contributed by atoms with Crippen LogP contribution in [0.15, 0.2) is 4.52 Å². The van der Waals surface area contributed by atoms with Crippen LogP contribution in [0.2, 0.25) is 0 Å². The maximum absolute atomic E-state index is 12.4. The second-order valence-corrected chi connectivity index (χ2v) is 9.06. The molecule has 2 saturated heterocycles. The summed E-state index contributed by atoms with van der Waals surface area (Å²) >= 11 is 0. The number of hydrogen-bond acceptors (Lipinski definition) is 7. The molecule has 3 rings (SSSR count). The smallest absolute Gasteiger partial charge is 0.317 e. The number of fused-ring (bicyclic) bond motifs is 1. The van der Waals surface area contributed by atoms with Crippen molar-refractivity contribution in [3.05, 3.63) is 11.7 Å². The molecule has 26 heavy (non-hydrogen) atoms. The van der Waals surface area contributed by atoms with Crippen molar-refractivity contribution in [3.8, 4) is 0 Å². The number of ether oxygens (including phenoxy) is 1. The number of methoxy groups -OCH3 is 1. The summed E-state index contributed by atoms with van der Waals surface area (Å²) in [5.74, 6) is 0.852. The third-order valence-corrected chi connectivity index (χ3v) is 6.95. The Morgan fingerprint density at radius 3 is 2.81 bits per heavy atom. The Morgan fingerprint density at radius 1 is 1.42 bits per heavy atom. The van der Waals surface area contributed by atoms with E-state index in [1.165, 1.54) is 4.31 Å². The molecule has 2 aliphatic rings. The fourth-order valence-corrected chi connectivity index (χ4v) is 4.94.